The fourth-order valence-electron chi connectivity index (χ4n) is 4.19. The van der Waals surface area contributed by atoms with Gasteiger partial charge in [-0.3, -0.25) is 14.6 Å². The zero-order chi connectivity index (χ0) is 28.3. The summed E-state index contributed by atoms with van der Waals surface area (Å²) in [5.41, 5.74) is 2.45. The minimum atomic E-state index is -3.95. The summed E-state index contributed by atoms with van der Waals surface area (Å²) in [5.74, 6) is 0.370. The number of methoxy groups -OCH3 is 2. The molecule has 10 heteroatoms. The number of amides is 2. The van der Waals surface area contributed by atoms with Crippen LogP contribution in [0.4, 0.5) is 0 Å². The Labute approximate surface area is 230 Å². The smallest absolute Gasteiger partial charge is 0.264 e. The van der Waals surface area contributed by atoms with Crippen molar-refractivity contribution in [2.75, 3.05) is 27.3 Å². The van der Waals surface area contributed by atoms with Crippen molar-refractivity contribution in [3.63, 3.8) is 0 Å². The third-order valence-electron chi connectivity index (χ3n) is 6.31. The van der Waals surface area contributed by atoms with E-state index in [0.717, 1.165) is 18.4 Å². The molecule has 3 aromatic rings. The van der Waals surface area contributed by atoms with Crippen LogP contribution in [0.2, 0.25) is 0 Å². The number of unbranched alkanes of at least 4 members (excludes halogenated alkanes) is 1. The molecule has 2 aromatic carbocycles. The molecule has 0 bridgehead atoms. The second-order valence-electron chi connectivity index (χ2n) is 9.06. The van der Waals surface area contributed by atoms with Crippen LogP contribution in [0.15, 0.2) is 71.9 Å². The summed E-state index contributed by atoms with van der Waals surface area (Å²) >= 11 is 0. The first-order valence-electron chi connectivity index (χ1n) is 12.8. The average Bonchev–Trinajstić information content (AvgIpc) is 2.95. The largest absolute Gasteiger partial charge is 0.496 e. The van der Waals surface area contributed by atoms with Crippen molar-refractivity contribution < 1.29 is 27.5 Å². The van der Waals surface area contributed by atoms with Crippen molar-refractivity contribution in [2.45, 2.75) is 43.9 Å². The van der Waals surface area contributed by atoms with Crippen LogP contribution in [0.25, 0.3) is 0 Å². The van der Waals surface area contributed by atoms with E-state index < -0.39 is 15.9 Å². The number of hydrogen-bond acceptors (Lipinski definition) is 7. The van der Waals surface area contributed by atoms with Crippen molar-refractivity contribution in [2.24, 2.45) is 0 Å². The van der Waals surface area contributed by atoms with E-state index in [1.54, 1.807) is 31.3 Å². The lowest BCUT2D eigenvalue weighted by molar-refractivity contribution is -0.119. The van der Waals surface area contributed by atoms with Gasteiger partial charge in [0.05, 0.1) is 19.1 Å². The van der Waals surface area contributed by atoms with Gasteiger partial charge in [-0.25, -0.2) is 13.1 Å². The van der Waals surface area contributed by atoms with E-state index in [9.17, 15) is 18.0 Å². The molecule has 208 valence electrons. The van der Waals surface area contributed by atoms with E-state index in [1.807, 2.05) is 25.1 Å². The number of aromatic nitrogens is 1. The molecule has 0 saturated carbocycles. The van der Waals surface area contributed by atoms with Crippen molar-refractivity contribution in [1.29, 1.82) is 0 Å². The fraction of sp³-hybridized carbons (Fsp3) is 0.345. The third kappa shape index (κ3) is 8.54. The summed E-state index contributed by atoms with van der Waals surface area (Å²) in [4.78, 5) is 31.4. The number of ether oxygens (including phenoxy) is 2. The van der Waals surface area contributed by atoms with Gasteiger partial charge in [0.15, 0.2) is 0 Å². The molecule has 0 fully saturated rings. The summed E-state index contributed by atoms with van der Waals surface area (Å²) < 4.78 is 37.7. The summed E-state index contributed by atoms with van der Waals surface area (Å²) in [6, 6.07) is 16.1. The van der Waals surface area contributed by atoms with E-state index in [4.69, 9.17) is 9.47 Å². The Morgan fingerprint density at radius 2 is 1.51 bits per heavy atom. The van der Waals surface area contributed by atoms with Gasteiger partial charge in [-0.15, -0.1) is 0 Å². The Morgan fingerprint density at radius 3 is 2.13 bits per heavy atom. The highest BCUT2D eigenvalue weighted by Crippen LogP contribution is 2.30. The van der Waals surface area contributed by atoms with Gasteiger partial charge < -0.3 is 14.4 Å². The minimum absolute atomic E-state index is 0.0164. The predicted molar refractivity (Wildman–Crippen MR) is 148 cm³/mol. The number of nitrogens with one attached hydrogen (secondary N) is 1. The standard InChI is InChI=1S/C29H35N3O6S/c1-22-26(37-2)20-24(21-27(22)38-3)29(34)32(19-9-12-23-10-5-4-6-11-23)18-8-7-13-28(33)31-39(35,36)25-14-16-30-17-15-25/h4-6,10-11,14-17,20-21H,7-9,12-13,18-19H2,1-3H3,(H,31,33). The Hall–Kier alpha value is -3.92. The molecule has 1 N–H and O–H groups in total. The first kappa shape index (κ1) is 29.6. The molecule has 0 unspecified atom stereocenters. The van der Waals surface area contributed by atoms with Gasteiger partial charge in [-0.1, -0.05) is 30.3 Å². The van der Waals surface area contributed by atoms with Crippen LogP contribution < -0.4 is 14.2 Å². The van der Waals surface area contributed by atoms with Gasteiger partial charge in [0, 0.05) is 43.0 Å². The number of nitrogens with zero attached hydrogens (tertiary/aromatic N) is 2. The molecule has 0 aliphatic rings. The first-order valence-corrected chi connectivity index (χ1v) is 14.2. The van der Waals surface area contributed by atoms with Crippen LogP contribution in [0.5, 0.6) is 11.5 Å². The van der Waals surface area contributed by atoms with Crippen molar-refractivity contribution in [3.05, 3.63) is 83.7 Å². The maximum absolute atomic E-state index is 13.6. The topological polar surface area (TPSA) is 115 Å². The maximum atomic E-state index is 13.6. The van der Waals surface area contributed by atoms with Gasteiger partial charge in [0.2, 0.25) is 5.91 Å². The molecular weight excluding hydrogens is 518 g/mol. The van der Waals surface area contributed by atoms with Crippen LogP contribution >= 0.6 is 0 Å². The molecule has 2 amide bonds. The molecular formula is C29H35N3O6S. The molecule has 1 aromatic heterocycles. The second kappa shape index (κ2) is 14.3. The molecule has 0 radical (unpaired) electrons. The summed E-state index contributed by atoms with van der Waals surface area (Å²) in [7, 11) is -0.847. The van der Waals surface area contributed by atoms with Gasteiger partial charge in [0.1, 0.15) is 11.5 Å². The summed E-state index contributed by atoms with van der Waals surface area (Å²) in [6.07, 6.45) is 5.24. The van der Waals surface area contributed by atoms with Gasteiger partial charge in [-0.05, 0) is 62.4 Å². The Bertz CT molecular complexity index is 1320. The molecule has 0 spiro atoms. The number of sulfonamides is 1. The maximum Gasteiger partial charge on any atom is 0.264 e. The third-order valence-corrected chi connectivity index (χ3v) is 7.70. The highest BCUT2D eigenvalue weighted by atomic mass is 32.2. The number of benzene rings is 2. The monoisotopic (exact) mass is 553 g/mol. The van der Waals surface area contributed by atoms with Crippen LogP contribution in [0, 0.1) is 6.92 Å². The van der Waals surface area contributed by atoms with Crippen molar-refractivity contribution in [3.8, 4) is 11.5 Å². The molecule has 3 rings (SSSR count). The lowest BCUT2D eigenvalue weighted by atomic mass is 10.1. The van der Waals surface area contributed by atoms with Gasteiger partial charge in [-0.2, -0.15) is 0 Å². The lowest BCUT2D eigenvalue weighted by Gasteiger charge is -2.24. The number of pyridine rings is 1. The van der Waals surface area contributed by atoms with E-state index in [1.165, 1.54) is 30.1 Å². The molecule has 0 saturated heterocycles. The zero-order valence-electron chi connectivity index (χ0n) is 22.6. The fourth-order valence-corrected chi connectivity index (χ4v) is 5.19. The predicted octanol–water partition coefficient (Wildman–Crippen LogP) is 4.16. The zero-order valence-corrected chi connectivity index (χ0v) is 23.4. The molecule has 9 nitrogen and oxygen atoms in total. The lowest BCUT2D eigenvalue weighted by Crippen LogP contribution is -2.34. The number of aryl methyl sites for hydroxylation is 1. The number of rotatable bonds is 14. The normalized spacial score (nSPS) is 11.1. The molecule has 0 aliphatic heterocycles. The van der Waals surface area contributed by atoms with Gasteiger partial charge in [0.25, 0.3) is 15.9 Å². The van der Waals surface area contributed by atoms with Crippen LogP contribution in [0.3, 0.4) is 0 Å². The highest BCUT2D eigenvalue weighted by molar-refractivity contribution is 7.90. The van der Waals surface area contributed by atoms with E-state index in [-0.39, 0.29) is 17.2 Å². The summed E-state index contributed by atoms with van der Waals surface area (Å²) in [5, 5.41) is 0. The Morgan fingerprint density at radius 1 is 0.897 bits per heavy atom. The number of carbonyl (C=O) groups is 2. The quantitative estimate of drug-likeness (QED) is 0.298. The van der Waals surface area contributed by atoms with Crippen LogP contribution in [-0.4, -0.2) is 57.4 Å². The second-order valence-corrected chi connectivity index (χ2v) is 10.7. The van der Waals surface area contributed by atoms with Gasteiger partial charge >= 0.3 is 0 Å². The van der Waals surface area contributed by atoms with E-state index in [2.05, 4.69) is 21.8 Å². The molecule has 1 heterocycles. The number of carbonyl (C=O) groups excluding carboxylic acids is 2. The minimum Gasteiger partial charge on any atom is -0.496 e. The molecule has 39 heavy (non-hydrogen) atoms. The molecule has 0 atom stereocenters. The Balaban J connectivity index is 1.63. The number of hydrogen-bond donors (Lipinski definition) is 1. The first-order chi connectivity index (χ1) is 18.7. The van der Waals surface area contributed by atoms with Crippen LogP contribution in [0.1, 0.15) is 47.2 Å². The van der Waals surface area contributed by atoms with Crippen molar-refractivity contribution >= 4 is 21.8 Å². The average molecular weight is 554 g/mol. The van der Waals surface area contributed by atoms with Crippen molar-refractivity contribution in [1.82, 2.24) is 14.6 Å². The Kier molecular flexibility index (Phi) is 10.9. The van der Waals surface area contributed by atoms with Crippen LogP contribution in [-0.2, 0) is 21.2 Å². The summed E-state index contributed by atoms with van der Waals surface area (Å²) in [6.45, 7) is 2.80. The highest BCUT2D eigenvalue weighted by Gasteiger charge is 2.20. The SMILES string of the molecule is COc1cc(C(=O)N(CCCCC(=O)NS(=O)(=O)c2ccncc2)CCCc2ccccc2)cc(OC)c1C. The molecule has 0 aliphatic carbocycles. The van der Waals surface area contributed by atoms with E-state index in [0.29, 0.717) is 43.0 Å². The van der Waals surface area contributed by atoms with E-state index >= 15 is 0 Å².